The maximum atomic E-state index is 14.0. The summed E-state index contributed by atoms with van der Waals surface area (Å²) in [5.74, 6) is 0.371. The molecule has 3 aromatic rings. The number of nitrogens with zero attached hydrogens (tertiary/aromatic N) is 1. The van der Waals surface area contributed by atoms with Gasteiger partial charge in [0.2, 0.25) is 0 Å². The van der Waals surface area contributed by atoms with E-state index in [1.54, 1.807) is 18.2 Å². The van der Waals surface area contributed by atoms with E-state index in [-0.39, 0.29) is 12.5 Å². The van der Waals surface area contributed by atoms with Crippen molar-refractivity contribution >= 4 is 27.3 Å². The Morgan fingerprint density at radius 2 is 1.74 bits per heavy atom. The van der Waals surface area contributed by atoms with Crippen molar-refractivity contribution < 1.29 is 31.8 Å². The molecule has 1 aliphatic heterocycles. The van der Waals surface area contributed by atoms with Crippen LogP contribution in [-0.2, 0) is 14.8 Å². The molecule has 0 radical (unpaired) electrons. The molecule has 0 saturated heterocycles. The highest BCUT2D eigenvalue weighted by molar-refractivity contribution is 7.92. The molecule has 0 bridgehead atoms. The van der Waals surface area contributed by atoms with Crippen LogP contribution in [0.5, 0.6) is 17.2 Å². The second-order valence-electron chi connectivity index (χ2n) is 7.45. The second-order valence-corrected chi connectivity index (χ2v) is 9.38. The number of carbonyl (C=O) groups excluding carboxylic acids is 1. The molecule has 34 heavy (non-hydrogen) atoms. The number of fused-ring (bicyclic) bond motifs is 1. The van der Waals surface area contributed by atoms with Crippen molar-refractivity contribution in [2.45, 2.75) is 11.3 Å². The molecule has 1 heterocycles. The third-order valence-corrected chi connectivity index (χ3v) is 6.90. The van der Waals surface area contributed by atoms with Crippen molar-refractivity contribution in [2.24, 2.45) is 0 Å². The number of rotatable bonds is 7. The molecule has 0 spiro atoms. The van der Waals surface area contributed by atoms with Gasteiger partial charge in [-0.25, -0.2) is 12.8 Å². The van der Waals surface area contributed by atoms with Crippen molar-refractivity contribution in [2.75, 3.05) is 36.5 Å². The van der Waals surface area contributed by atoms with Gasteiger partial charge in [0.25, 0.3) is 15.9 Å². The average molecular weight is 487 g/mol. The molecule has 1 N–H and O–H groups in total. The molecule has 178 valence electrons. The van der Waals surface area contributed by atoms with Crippen molar-refractivity contribution in [3.05, 3.63) is 72.5 Å². The number of amides is 1. The van der Waals surface area contributed by atoms with Gasteiger partial charge in [-0.1, -0.05) is 12.1 Å². The second kappa shape index (κ2) is 10.0. The third kappa shape index (κ3) is 5.23. The molecule has 0 fully saturated rings. The predicted molar refractivity (Wildman–Crippen MR) is 125 cm³/mol. The fraction of sp³-hybridized carbons (Fsp3) is 0.208. The highest BCUT2D eigenvalue weighted by Crippen LogP contribution is 2.32. The SMILES string of the molecule is CN(c1ccc(OCC(=O)Nc2ccc3c(c2)OCCCO3)cc1)S(=O)(=O)c1ccccc1F. The molecular weight excluding hydrogens is 463 g/mol. The van der Waals surface area contributed by atoms with Gasteiger partial charge in [-0.15, -0.1) is 0 Å². The van der Waals surface area contributed by atoms with Gasteiger partial charge in [0.1, 0.15) is 16.5 Å². The van der Waals surface area contributed by atoms with Crippen molar-refractivity contribution in [3.8, 4) is 17.2 Å². The monoisotopic (exact) mass is 486 g/mol. The van der Waals surface area contributed by atoms with Gasteiger partial charge >= 0.3 is 0 Å². The van der Waals surface area contributed by atoms with E-state index in [0.29, 0.717) is 41.8 Å². The fourth-order valence-electron chi connectivity index (χ4n) is 3.28. The van der Waals surface area contributed by atoms with Crippen LogP contribution in [0, 0.1) is 5.82 Å². The Kier molecular flexibility index (Phi) is 6.87. The Balaban J connectivity index is 1.35. The summed E-state index contributed by atoms with van der Waals surface area (Å²) in [7, 11) is -2.74. The first-order valence-electron chi connectivity index (χ1n) is 10.5. The molecule has 1 aliphatic rings. The van der Waals surface area contributed by atoms with E-state index >= 15 is 0 Å². The van der Waals surface area contributed by atoms with Gasteiger partial charge < -0.3 is 19.5 Å². The summed E-state index contributed by atoms with van der Waals surface area (Å²) in [6, 6.07) is 16.4. The number of halogens is 1. The van der Waals surface area contributed by atoms with E-state index in [0.717, 1.165) is 16.8 Å². The Bertz CT molecular complexity index is 1280. The largest absolute Gasteiger partial charge is 0.490 e. The number of sulfonamides is 1. The highest BCUT2D eigenvalue weighted by Gasteiger charge is 2.24. The van der Waals surface area contributed by atoms with Crippen molar-refractivity contribution in [3.63, 3.8) is 0 Å². The van der Waals surface area contributed by atoms with Crippen LogP contribution >= 0.6 is 0 Å². The third-order valence-electron chi connectivity index (χ3n) is 5.08. The molecule has 0 atom stereocenters. The van der Waals surface area contributed by atoms with E-state index in [4.69, 9.17) is 14.2 Å². The summed E-state index contributed by atoms with van der Waals surface area (Å²) in [5, 5.41) is 2.73. The molecule has 1 amide bonds. The number of nitrogens with one attached hydrogen (secondary N) is 1. The molecule has 0 aromatic heterocycles. The molecular formula is C24H23FN2O6S. The molecule has 0 saturated carbocycles. The summed E-state index contributed by atoms with van der Waals surface area (Å²) in [6.45, 7) is 0.869. The lowest BCUT2D eigenvalue weighted by atomic mass is 10.2. The Labute approximate surface area is 196 Å². The first-order valence-corrected chi connectivity index (χ1v) is 11.9. The zero-order chi connectivity index (χ0) is 24.1. The van der Waals surface area contributed by atoms with Gasteiger partial charge in [0, 0.05) is 25.2 Å². The maximum Gasteiger partial charge on any atom is 0.266 e. The number of ether oxygens (including phenoxy) is 3. The molecule has 4 rings (SSSR count). The molecule has 0 unspecified atom stereocenters. The molecule has 10 heteroatoms. The summed E-state index contributed by atoms with van der Waals surface area (Å²) in [6.07, 6.45) is 0.786. The first kappa shape index (κ1) is 23.4. The van der Waals surface area contributed by atoms with Crippen LogP contribution in [0.2, 0.25) is 0 Å². The van der Waals surface area contributed by atoms with Crippen molar-refractivity contribution in [1.29, 1.82) is 0 Å². The van der Waals surface area contributed by atoms with Crippen LogP contribution in [0.25, 0.3) is 0 Å². The van der Waals surface area contributed by atoms with Crippen LogP contribution in [0.4, 0.5) is 15.8 Å². The lowest BCUT2D eigenvalue weighted by molar-refractivity contribution is -0.118. The van der Waals surface area contributed by atoms with Gasteiger partial charge in [-0.05, 0) is 48.5 Å². The topological polar surface area (TPSA) is 94.2 Å². The van der Waals surface area contributed by atoms with Gasteiger partial charge in [0.05, 0.1) is 18.9 Å². The number of anilines is 2. The minimum Gasteiger partial charge on any atom is -0.490 e. The Morgan fingerprint density at radius 1 is 1.03 bits per heavy atom. The predicted octanol–water partition coefficient (Wildman–Crippen LogP) is 3.83. The van der Waals surface area contributed by atoms with Gasteiger partial charge in [-0.2, -0.15) is 0 Å². The van der Waals surface area contributed by atoms with Crippen LogP contribution in [0.15, 0.2) is 71.6 Å². The molecule has 3 aromatic carbocycles. The molecule has 0 aliphatic carbocycles. The van der Waals surface area contributed by atoms with E-state index < -0.39 is 20.7 Å². The number of carbonyl (C=O) groups is 1. The van der Waals surface area contributed by atoms with Crippen LogP contribution < -0.4 is 23.8 Å². The summed E-state index contributed by atoms with van der Waals surface area (Å²) < 4.78 is 57.1. The lowest BCUT2D eigenvalue weighted by Crippen LogP contribution is -2.27. The smallest absolute Gasteiger partial charge is 0.266 e. The summed E-state index contributed by atoms with van der Waals surface area (Å²) in [5.41, 5.74) is 0.862. The highest BCUT2D eigenvalue weighted by atomic mass is 32.2. The average Bonchev–Trinajstić information content (AvgIpc) is 3.08. The maximum absolute atomic E-state index is 14.0. The van der Waals surface area contributed by atoms with Crippen LogP contribution in [-0.4, -0.2) is 41.2 Å². The van der Waals surface area contributed by atoms with Crippen molar-refractivity contribution in [1.82, 2.24) is 0 Å². The van der Waals surface area contributed by atoms with Gasteiger partial charge in [-0.3, -0.25) is 9.10 Å². The minimum atomic E-state index is -4.07. The summed E-state index contributed by atoms with van der Waals surface area (Å²) >= 11 is 0. The van der Waals surface area contributed by atoms with E-state index in [2.05, 4.69) is 5.32 Å². The van der Waals surface area contributed by atoms with E-state index in [1.165, 1.54) is 49.5 Å². The number of hydrogen-bond acceptors (Lipinski definition) is 6. The summed E-state index contributed by atoms with van der Waals surface area (Å²) in [4.78, 5) is 11.9. The van der Waals surface area contributed by atoms with Crippen LogP contribution in [0.1, 0.15) is 6.42 Å². The zero-order valence-corrected chi connectivity index (χ0v) is 19.2. The number of hydrogen-bond donors (Lipinski definition) is 1. The minimum absolute atomic E-state index is 0.253. The van der Waals surface area contributed by atoms with Crippen LogP contribution in [0.3, 0.4) is 0 Å². The standard InChI is InChI=1S/C24H23FN2O6S/c1-27(34(29,30)23-6-3-2-5-20(23)25)18-8-10-19(11-9-18)33-16-24(28)26-17-7-12-21-22(15-17)32-14-4-13-31-21/h2-3,5-12,15H,4,13-14,16H2,1H3,(H,26,28). The Hall–Kier alpha value is -3.79. The fourth-order valence-corrected chi connectivity index (χ4v) is 4.54. The normalized spacial score (nSPS) is 13.0. The van der Waals surface area contributed by atoms with E-state index in [9.17, 15) is 17.6 Å². The van der Waals surface area contributed by atoms with E-state index in [1.807, 2.05) is 0 Å². The zero-order valence-electron chi connectivity index (χ0n) is 18.4. The van der Waals surface area contributed by atoms with Gasteiger partial charge in [0.15, 0.2) is 18.1 Å². The first-order chi connectivity index (χ1) is 16.3. The Morgan fingerprint density at radius 3 is 2.47 bits per heavy atom. The molecule has 8 nitrogen and oxygen atoms in total. The number of benzene rings is 3. The lowest BCUT2D eigenvalue weighted by Gasteiger charge is -2.20. The quantitative estimate of drug-likeness (QED) is 0.546.